The third-order valence-electron chi connectivity index (χ3n) is 2.28. The summed E-state index contributed by atoms with van der Waals surface area (Å²) in [5.74, 6) is 0.898. The van der Waals surface area contributed by atoms with Crippen molar-refractivity contribution in [3.8, 4) is 0 Å². The van der Waals surface area contributed by atoms with E-state index >= 15 is 0 Å². The molecule has 3 N–H and O–H groups in total. The van der Waals surface area contributed by atoms with Crippen LogP contribution in [0, 0.1) is 0 Å². The van der Waals surface area contributed by atoms with Gasteiger partial charge in [0.1, 0.15) is 17.0 Å². The van der Waals surface area contributed by atoms with Gasteiger partial charge in [-0.3, -0.25) is 0 Å². The first-order valence-electron chi connectivity index (χ1n) is 5.61. The zero-order valence-corrected chi connectivity index (χ0v) is 10.4. The smallest absolute Gasteiger partial charge is 0.138 e. The molecule has 0 aliphatic heterocycles. The maximum Gasteiger partial charge on any atom is 0.138 e. The van der Waals surface area contributed by atoms with E-state index in [1.807, 2.05) is 11.4 Å². The Kier molecular flexibility index (Phi) is 4.66. The maximum atomic E-state index is 5.33. The van der Waals surface area contributed by atoms with Gasteiger partial charge in [0.05, 0.1) is 12.0 Å². The molecule has 0 spiro atoms. The van der Waals surface area contributed by atoms with Gasteiger partial charge in [-0.15, -0.1) is 11.3 Å². The summed E-state index contributed by atoms with van der Waals surface area (Å²) < 4.78 is 5.30. The number of hydrogen-bond donors (Lipinski definition) is 2. The molecule has 0 aliphatic rings. The van der Waals surface area contributed by atoms with E-state index in [0.717, 1.165) is 35.6 Å². The Labute approximate surface area is 104 Å². The molecule has 0 radical (unpaired) electrons. The minimum atomic E-state index is 0.578. The molecule has 6 heteroatoms. The second-order valence-electron chi connectivity index (χ2n) is 3.54. The predicted octanol–water partition coefficient (Wildman–Crippen LogP) is 1.47. The number of thiophene rings is 1. The molecular weight excluding hydrogens is 236 g/mol. The van der Waals surface area contributed by atoms with Crippen LogP contribution >= 0.6 is 11.3 Å². The van der Waals surface area contributed by atoms with Crippen LogP contribution in [0.2, 0.25) is 0 Å². The van der Waals surface area contributed by atoms with Crippen LogP contribution in [0.1, 0.15) is 6.42 Å². The fourth-order valence-electron chi connectivity index (χ4n) is 1.50. The molecule has 0 aliphatic carbocycles. The molecule has 0 unspecified atom stereocenters. The Morgan fingerprint density at radius 1 is 1.35 bits per heavy atom. The first-order valence-corrected chi connectivity index (χ1v) is 6.49. The third-order valence-corrected chi connectivity index (χ3v) is 3.10. The first kappa shape index (κ1) is 12.2. The van der Waals surface area contributed by atoms with Crippen molar-refractivity contribution in [2.45, 2.75) is 6.42 Å². The second kappa shape index (κ2) is 6.48. The Bertz CT molecular complexity index is 459. The van der Waals surface area contributed by atoms with Gasteiger partial charge < -0.3 is 15.8 Å². The van der Waals surface area contributed by atoms with Crippen molar-refractivity contribution in [3.05, 3.63) is 17.8 Å². The Hall–Kier alpha value is -1.24. The molecule has 2 heterocycles. The molecule has 0 saturated heterocycles. The lowest BCUT2D eigenvalue weighted by Gasteiger charge is -2.06. The lowest BCUT2D eigenvalue weighted by Crippen LogP contribution is -2.11. The minimum Gasteiger partial charge on any atom is -0.380 e. The van der Waals surface area contributed by atoms with Crippen LogP contribution in [0.3, 0.4) is 0 Å². The SMILES string of the molecule is NCCOCCCNc1ncnc2sccc12. The number of anilines is 1. The van der Waals surface area contributed by atoms with Crippen LogP contribution in [0.4, 0.5) is 5.82 Å². The highest BCUT2D eigenvalue weighted by atomic mass is 32.1. The number of fused-ring (bicyclic) bond motifs is 1. The fraction of sp³-hybridized carbons (Fsp3) is 0.455. The van der Waals surface area contributed by atoms with E-state index in [-0.39, 0.29) is 0 Å². The van der Waals surface area contributed by atoms with E-state index in [9.17, 15) is 0 Å². The van der Waals surface area contributed by atoms with E-state index in [4.69, 9.17) is 10.5 Å². The highest BCUT2D eigenvalue weighted by Crippen LogP contribution is 2.23. The summed E-state index contributed by atoms with van der Waals surface area (Å²) in [5.41, 5.74) is 5.33. The molecule has 92 valence electrons. The second-order valence-corrected chi connectivity index (χ2v) is 4.44. The third kappa shape index (κ3) is 3.36. The minimum absolute atomic E-state index is 0.578. The number of nitrogens with two attached hydrogens (primary N) is 1. The van der Waals surface area contributed by atoms with Gasteiger partial charge in [-0.25, -0.2) is 9.97 Å². The molecule has 0 fully saturated rings. The molecule has 2 rings (SSSR count). The molecule has 0 bridgehead atoms. The van der Waals surface area contributed by atoms with E-state index in [1.54, 1.807) is 17.7 Å². The van der Waals surface area contributed by atoms with Gasteiger partial charge in [0.2, 0.25) is 0 Å². The summed E-state index contributed by atoms with van der Waals surface area (Å²) in [5, 5.41) is 6.40. The van der Waals surface area contributed by atoms with Gasteiger partial charge in [0.25, 0.3) is 0 Å². The molecule has 17 heavy (non-hydrogen) atoms. The summed E-state index contributed by atoms with van der Waals surface area (Å²) in [7, 11) is 0. The van der Waals surface area contributed by atoms with Gasteiger partial charge in [-0.1, -0.05) is 0 Å². The quantitative estimate of drug-likeness (QED) is 0.730. The van der Waals surface area contributed by atoms with Crippen molar-refractivity contribution >= 4 is 27.4 Å². The van der Waals surface area contributed by atoms with Crippen molar-refractivity contribution in [1.82, 2.24) is 9.97 Å². The number of nitrogens with zero attached hydrogens (tertiary/aromatic N) is 2. The van der Waals surface area contributed by atoms with E-state index in [0.29, 0.717) is 13.2 Å². The van der Waals surface area contributed by atoms with Gasteiger partial charge >= 0.3 is 0 Å². The van der Waals surface area contributed by atoms with E-state index in [1.165, 1.54) is 0 Å². The normalized spacial score (nSPS) is 10.9. The Morgan fingerprint density at radius 2 is 2.29 bits per heavy atom. The topological polar surface area (TPSA) is 73.1 Å². The lowest BCUT2D eigenvalue weighted by atomic mass is 10.3. The van der Waals surface area contributed by atoms with Crippen LogP contribution in [-0.4, -0.2) is 36.3 Å². The lowest BCUT2D eigenvalue weighted by molar-refractivity contribution is 0.141. The maximum absolute atomic E-state index is 5.33. The largest absolute Gasteiger partial charge is 0.380 e. The molecule has 0 aromatic carbocycles. The van der Waals surface area contributed by atoms with Crippen LogP contribution in [0.5, 0.6) is 0 Å². The number of rotatable bonds is 7. The van der Waals surface area contributed by atoms with Crippen LogP contribution in [-0.2, 0) is 4.74 Å². The number of ether oxygens (including phenoxy) is 1. The summed E-state index contributed by atoms with van der Waals surface area (Å²) in [6.45, 7) is 2.77. The molecule has 0 atom stereocenters. The Balaban J connectivity index is 1.80. The predicted molar refractivity (Wildman–Crippen MR) is 70.4 cm³/mol. The molecular formula is C11H16N4OS. The number of nitrogens with one attached hydrogen (secondary N) is 1. The van der Waals surface area contributed by atoms with Crippen LogP contribution in [0.15, 0.2) is 17.8 Å². The van der Waals surface area contributed by atoms with Crippen molar-refractivity contribution in [2.75, 3.05) is 31.6 Å². The highest BCUT2D eigenvalue weighted by Gasteiger charge is 2.03. The zero-order chi connectivity index (χ0) is 11.9. The van der Waals surface area contributed by atoms with Crippen LogP contribution in [0.25, 0.3) is 10.2 Å². The van der Waals surface area contributed by atoms with Crippen molar-refractivity contribution in [1.29, 1.82) is 0 Å². The number of aromatic nitrogens is 2. The summed E-state index contributed by atoms with van der Waals surface area (Å²) in [6, 6.07) is 2.03. The molecule has 0 amide bonds. The molecule has 2 aromatic rings. The number of hydrogen-bond acceptors (Lipinski definition) is 6. The molecule has 2 aromatic heterocycles. The van der Waals surface area contributed by atoms with Gasteiger partial charge in [0, 0.05) is 19.7 Å². The summed E-state index contributed by atoms with van der Waals surface area (Å²) >= 11 is 1.62. The van der Waals surface area contributed by atoms with Crippen molar-refractivity contribution in [3.63, 3.8) is 0 Å². The van der Waals surface area contributed by atoms with E-state index in [2.05, 4.69) is 15.3 Å². The van der Waals surface area contributed by atoms with Crippen molar-refractivity contribution in [2.24, 2.45) is 5.73 Å². The van der Waals surface area contributed by atoms with Crippen LogP contribution < -0.4 is 11.1 Å². The van der Waals surface area contributed by atoms with Gasteiger partial charge in [-0.2, -0.15) is 0 Å². The summed E-state index contributed by atoms with van der Waals surface area (Å²) in [4.78, 5) is 9.45. The Morgan fingerprint density at radius 3 is 3.18 bits per heavy atom. The van der Waals surface area contributed by atoms with E-state index < -0.39 is 0 Å². The highest BCUT2D eigenvalue weighted by molar-refractivity contribution is 7.16. The molecule has 5 nitrogen and oxygen atoms in total. The average molecular weight is 252 g/mol. The van der Waals surface area contributed by atoms with Gasteiger partial charge in [-0.05, 0) is 17.9 Å². The molecule has 0 saturated carbocycles. The standard InChI is InChI=1S/C11H16N4OS/c12-3-6-16-5-1-4-13-10-9-2-7-17-11(9)15-8-14-10/h2,7-8H,1,3-6,12H2,(H,13,14,15). The van der Waals surface area contributed by atoms with Crippen molar-refractivity contribution < 1.29 is 4.74 Å². The fourth-order valence-corrected chi connectivity index (χ4v) is 2.23. The summed E-state index contributed by atoms with van der Waals surface area (Å²) in [6.07, 6.45) is 2.53. The zero-order valence-electron chi connectivity index (χ0n) is 9.56. The first-order chi connectivity index (χ1) is 8.42. The monoisotopic (exact) mass is 252 g/mol. The van der Waals surface area contributed by atoms with Gasteiger partial charge in [0.15, 0.2) is 0 Å². The average Bonchev–Trinajstić information content (AvgIpc) is 2.82.